The first-order valence-corrected chi connectivity index (χ1v) is 19.0. The lowest BCUT2D eigenvalue weighted by Crippen LogP contribution is -2.54. The van der Waals surface area contributed by atoms with Crippen LogP contribution in [0.3, 0.4) is 0 Å². The van der Waals surface area contributed by atoms with E-state index in [1.165, 1.54) is 4.31 Å². The Hall–Kier alpha value is -4.18. The minimum Gasteiger partial charge on any atom is -0.485 e. The zero-order valence-electron chi connectivity index (χ0n) is 29.9. The van der Waals surface area contributed by atoms with E-state index in [4.69, 9.17) is 4.74 Å². The zero-order valence-corrected chi connectivity index (χ0v) is 30.8. The number of nitrogens with one attached hydrogen (secondary N) is 1. The van der Waals surface area contributed by atoms with Gasteiger partial charge in [-0.3, -0.25) is 4.79 Å². The quantitative estimate of drug-likeness (QED) is 0.180. The van der Waals surface area contributed by atoms with Crippen LogP contribution in [0.25, 0.3) is 0 Å². The number of para-hydroxylation sites is 1. The number of ether oxygens (including phenoxy) is 1. The van der Waals surface area contributed by atoms with Gasteiger partial charge < -0.3 is 20.1 Å². The van der Waals surface area contributed by atoms with Gasteiger partial charge in [0, 0.05) is 42.5 Å². The van der Waals surface area contributed by atoms with E-state index in [-0.39, 0.29) is 23.4 Å². The number of hydrogen-bond acceptors (Lipinski definition) is 6. The predicted molar refractivity (Wildman–Crippen MR) is 198 cm³/mol. The van der Waals surface area contributed by atoms with Crippen molar-refractivity contribution in [3.8, 4) is 5.75 Å². The van der Waals surface area contributed by atoms with E-state index >= 15 is 0 Å². The molecule has 8 nitrogen and oxygen atoms in total. The van der Waals surface area contributed by atoms with Crippen LogP contribution in [0.15, 0.2) is 89.8 Å². The minimum absolute atomic E-state index is 0.00148. The van der Waals surface area contributed by atoms with Crippen molar-refractivity contribution in [2.24, 2.45) is 0 Å². The van der Waals surface area contributed by atoms with E-state index in [2.05, 4.69) is 38.2 Å². The van der Waals surface area contributed by atoms with Crippen molar-refractivity contribution < 1.29 is 23.1 Å². The van der Waals surface area contributed by atoms with E-state index in [9.17, 15) is 18.3 Å². The van der Waals surface area contributed by atoms with Gasteiger partial charge in [-0.15, -0.1) is 0 Å². The number of carbonyl (C=O) groups is 1. The average Bonchev–Trinajstić information content (AvgIpc) is 3.56. The summed E-state index contributed by atoms with van der Waals surface area (Å²) in [6, 6.07) is 25.1. The smallest absolute Gasteiger partial charge is 0.254 e. The second-order valence-corrected chi connectivity index (χ2v) is 16.2. The first-order valence-electron chi connectivity index (χ1n) is 17.6. The van der Waals surface area contributed by atoms with Gasteiger partial charge in [0.1, 0.15) is 17.5 Å². The van der Waals surface area contributed by atoms with Gasteiger partial charge in [-0.05, 0) is 112 Å². The fourth-order valence-electron chi connectivity index (χ4n) is 7.31. The first-order chi connectivity index (χ1) is 23.8. The number of likely N-dealkylation sites (tertiary alicyclic amines) is 1. The van der Waals surface area contributed by atoms with Gasteiger partial charge in [0.25, 0.3) is 5.91 Å². The highest BCUT2D eigenvalue weighted by atomic mass is 32.2. The number of aliphatic hydroxyl groups is 1. The normalized spacial score (nSPS) is 20.0. The summed E-state index contributed by atoms with van der Waals surface area (Å²) in [6.45, 7) is 12.9. The summed E-state index contributed by atoms with van der Waals surface area (Å²) in [5, 5.41) is 15.6. The summed E-state index contributed by atoms with van der Waals surface area (Å²) in [6.07, 6.45) is 1.40. The van der Waals surface area contributed by atoms with Crippen LogP contribution in [0, 0.1) is 20.8 Å². The van der Waals surface area contributed by atoms with Crippen LogP contribution in [0.5, 0.6) is 5.75 Å². The van der Waals surface area contributed by atoms with Crippen molar-refractivity contribution in [3.63, 3.8) is 0 Å². The fourth-order valence-corrected chi connectivity index (χ4v) is 9.01. The molecule has 1 amide bonds. The van der Waals surface area contributed by atoms with Gasteiger partial charge in [-0.25, -0.2) is 8.42 Å². The predicted octanol–water partition coefficient (Wildman–Crippen LogP) is 7.36. The standard InChI is InChI=1S/C41H49N3O5S/c1-7-30-16-18-31(19-17-30)26-44(50(47,48)34-15-8-11-27(2)23-34)38-35-24-32(20-21-36(35)49-41(5,6)39(38)45)40(46)43-22-10-14-33(43)25-42-37-28(3)12-9-13-29(37)4/h8-9,11-13,15-21,23-24,33,38-39,42,45H,7,10,14,22,25-26H2,1-6H3/t33-,38+,39-/m0/s1. The molecule has 2 N–H and O–H groups in total. The molecular formula is C41H49N3O5S. The molecule has 1 fully saturated rings. The summed E-state index contributed by atoms with van der Waals surface area (Å²) in [7, 11) is -4.15. The molecule has 0 saturated carbocycles. The molecule has 0 bridgehead atoms. The highest BCUT2D eigenvalue weighted by Crippen LogP contribution is 2.46. The van der Waals surface area contributed by atoms with Gasteiger partial charge in [0.2, 0.25) is 10.0 Å². The number of hydrogen-bond donors (Lipinski definition) is 2. The minimum atomic E-state index is -4.15. The molecule has 6 rings (SSSR count). The number of sulfonamides is 1. The molecule has 2 aliphatic rings. The maximum atomic E-state index is 14.7. The Labute approximate surface area is 297 Å². The van der Waals surface area contributed by atoms with Crippen LogP contribution in [-0.2, 0) is 23.0 Å². The van der Waals surface area contributed by atoms with Gasteiger partial charge in [0.05, 0.1) is 10.9 Å². The lowest BCUT2D eigenvalue weighted by atomic mass is 9.85. The monoisotopic (exact) mass is 695 g/mol. The number of rotatable bonds is 10. The van der Waals surface area contributed by atoms with Crippen molar-refractivity contribution >= 4 is 21.6 Å². The second-order valence-electron chi connectivity index (χ2n) is 14.3. The summed E-state index contributed by atoms with van der Waals surface area (Å²) < 4.78 is 37.1. The molecule has 264 valence electrons. The molecule has 0 aliphatic carbocycles. The lowest BCUT2D eigenvalue weighted by Gasteiger charge is -2.46. The van der Waals surface area contributed by atoms with Crippen molar-refractivity contribution in [1.29, 1.82) is 0 Å². The maximum absolute atomic E-state index is 14.7. The van der Waals surface area contributed by atoms with Gasteiger partial charge in [0.15, 0.2) is 0 Å². The average molecular weight is 696 g/mol. The number of aliphatic hydroxyl groups excluding tert-OH is 1. The van der Waals surface area contributed by atoms with E-state index in [0.29, 0.717) is 30.0 Å². The molecule has 2 heterocycles. The van der Waals surface area contributed by atoms with Crippen molar-refractivity contribution in [3.05, 3.63) is 124 Å². The summed E-state index contributed by atoms with van der Waals surface area (Å²) in [5.74, 6) is 0.321. The molecule has 9 heteroatoms. The van der Waals surface area contributed by atoms with E-state index in [1.807, 2.05) is 48.2 Å². The Morgan fingerprint density at radius 2 is 1.64 bits per heavy atom. The Balaban J connectivity index is 1.38. The lowest BCUT2D eigenvalue weighted by molar-refractivity contribution is -0.0802. The summed E-state index contributed by atoms with van der Waals surface area (Å²) >= 11 is 0. The molecule has 0 unspecified atom stereocenters. The highest BCUT2D eigenvalue weighted by Gasteiger charge is 2.49. The maximum Gasteiger partial charge on any atom is 0.254 e. The number of amides is 1. The Kier molecular flexibility index (Phi) is 10.1. The van der Waals surface area contributed by atoms with Crippen molar-refractivity contribution in [2.45, 2.75) is 96.0 Å². The van der Waals surface area contributed by atoms with Gasteiger partial charge in [-0.2, -0.15) is 4.31 Å². The molecular weight excluding hydrogens is 647 g/mol. The van der Waals surface area contributed by atoms with Crippen LogP contribution in [0.4, 0.5) is 5.69 Å². The Bertz CT molecular complexity index is 1950. The third-order valence-corrected chi connectivity index (χ3v) is 12.1. The first kappa shape index (κ1) is 35.6. The van der Waals surface area contributed by atoms with Crippen LogP contribution < -0.4 is 10.1 Å². The van der Waals surface area contributed by atoms with E-state index in [1.54, 1.807) is 50.2 Å². The molecule has 0 radical (unpaired) electrons. The third kappa shape index (κ3) is 7.04. The number of anilines is 1. The fraction of sp³-hybridized carbons (Fsp3) is 0.390. The zero-order chi connectivity index (χ0) is 35.8. The molecule has 0 aromatic heterocycles. The SMILES string of the molecule is CCc1ccc(CN([C@@H]2c3cc(C(=O)N4CCC[C@H]4CNc4c(C)cccc4C)ccc3OC(C)(C)[C@H]2O)S(=O)(=O)c2cccc(C)c2)cc1. The number of aryl methyl sites for hydroxylation is 4. The molecule has 4 aromatic carbocycles. The van der Waals surface area contributed by atoms with Crippen LogP contribution >= 0.6 is 0 Å². The molecule has 2 aliphatic heterocycles. The number of carbonyl (C=O) groups excluding carboxylic acids is 1. The topological polar surface area (TPSA) is 99.2 Å². The van der Waals surface area contributed by atoms with Crippen molar-refractivity contribution in [2.75, 3.05) is 18.4 Å². The van der Waals surface area contributed by atoms with E-state index < -0.39 is 27.8 Å². The van der Waals surface area contributed by atoms with Crippen LogP contribution in [0.2, 0.25) is 0 Å². The van der Waals surface area contributed by atoms with E-state index in [0.717, 1.165) is 52.8 Å². The Morgan fingerprint density at radius 1 is 0.960 bits per heavy atom. The van der Waals surface area contributed by atoms with Crippen LogP contribution in [0.1, 0.15) is 83.4 Å². The van der Waals surface area contributed by atoms with Gasteiger partial charge >= 0.3 is 0 Å². The summed E-state index contributed by atoms with van der Waals surface area (Å²) in [4.78, 5) is 16.3. The summed E-state index contributed by atoms with van der Waals surface area (Å²) in [5.41, 5.74) is 5.95. The molecule has 3 atom stereocenters. The number of fused-ring (bicyclic) bond motifs is 1. The Morgan fingerprint density at radius 3 is 2.32 bits per heavy atom. The number of nitrogens with zero attached hydrogens (tertiary/aromatic N) is 2. The molecule has 1 saturated heterocycles. The largest absolute Gasteiger partial charge is 0.485 e. The number of benzene rings is 4. The van der Waals surface area contributed by atoms with Crippen LogP contribution in [-0.4, -0.2) is 59.5 Å². The molecule has 4 aromatic rings. The second kappa shape index (κ2) is 14.2. The highest BCUT2D eigenvalue weighted by molar-refractivity contribution is 7.89. The third-order valence-electron chi connectivity index (χ3n) is 10.3. The molecule has 0 spiro atoms. The van der Waals surface area contributed by atoms with Gasteiger partial charge in [-0.1, -0.05) is 61.5 Å². The van der Waals surface area contributed by atoms with Crippen molar-refractivity contribution in [1.82, 2.24) is 9.21 Å². The molecule has 50 heavy (non-hydrogen) atoms.